The van der Waals surface area contributed by atoms with Crippen LogP contribution in [0, 0.1) is 5.41 Å². The minimum Gasteiger partial charge on any atom is -0.481 e. The maximum absolute atomic E-state index is 12.0. The van der Waals surface area contributed by atoms with Gasteiger partial charge in [-0.1, -0.05) is 0 Å². The number of nitrogens with zero attached hydrogens (tertiary/aromatic N) is 1. The number of aliphatic carboxylic acids is 1. The highest BCUT2D eigenvalue weighted by atomic mass is 16.5. The van der Waals surface area contributed by atoms with Crippen molar-refractivity contribution in [2.24, 2.45) is 5.41 Å². The van der Waals surface area contributed by atoms with E-state index in [9.17, 15) is 9.59 Å². The van der Waals surface area contributed by atoms with Gasteiger partial charge in [-0.15, -0.1) is 0 Å². The number of piperidine rings is 1. The van der Waals surface area contributed by atoms with Crippen LogP contribution in [0.15, 0.2) is 0 Å². The number of carbonyl (C=O) groups is 2. The summed E-state index contributed by atoms with van der Waals surface area (Å²) in [7, 11) is 0. The Bertz CT molecular complexity index is 370. The Kier molecular flexibility index (Phi) is 5.58. The number of rotatable bonds is 5. The van der Waals surface area contributed by atoms with Gasteiger partial charge in [0.25, 0.3) is 0 Å². The lowest BCUT2D eigenvalue weighted by Gasteiger charge is -2.36. The fourth-order valence-electron chi connectivity index (χ4n) is 2.77. The number of hydrogen-bond acceptors (Lipinski definition) is 4. The second-order valence-corrected chi connectivity index (χ2v) is 6.25. The lowest BCUT2D eigenvalue weighted by molar-refractivity contribution is -0.154. The lowest BCUT2D eigenvalue weighted by Crippen LogP contribution is -2.46. The van der Waals surface area contributed by atoms with Gasteiger partial charge in [0.05, 0.1) is 18.1 Å². The normalized spacial score (nSPS) is 25.6. The van der Waals surface area contributed by atoms with E-state index in [2.05, 4.69) is 0 Å². The molecule has 2 fully saturated rings. The average molecular weight is 299 g/mol. The third-order valence-electron chi connectivity index (χ3n) is 4.54. The molecular weight excluding hydrogens is 274 g/mol. The summed E-state index contributed by atoms with van der Waals surface area (Å²) in [4.78, 5) is 24.9. The number of ether oxygens (including phenoxy) is 2. The Labute approximate surface area is 125 Å². The molecule has 0 spiro atoms. The predicted octanol–water partition coefficient (Wildman–Crippen LogP) is 1.29. The Balaban J connectivity index is 1.66. The highest BCUT2D eigenvalue weighted by Crippen LogP contribution is 2.31. The molecule has 21 heavy (non-hydrogen) atoms. The molecule has 0 unspecified atom stereocenters. The largest absolute Gasteiger partial charge is 0.481 e. The molecule has 0 radical (unpaired) electrons. The number of carboxylic acids is 1. The molecule has 120 valence electrons. The first-order valence-electron chi connectivity index (χ1n) is 7.72. The Hall–Kier alpha value is -1.14. The number of carboxylic acid groups (broad SMARTS) is 1. The first kappa shape index (κ1) is 16.2. The number of likely N-dealkylation sites (tertiary alicyclic amines) is 1. The van der Waals surface area contributed by atoms with Crippen molar-refractivity contribution < 1.29 is 24.2 Å². The molecule has 2 heterocycles. The van der Waals surface area contributed by atoms with Crippen molar-refractivity contribution in [1.29, 1.82) is 0 Å². The van der Waals surface area contributed by atoms with E-state index in [0.717, 1.165) is 25.9 Å². The third kappa shape index (κ3) is 4.41. The van der Waals surface area contributed by atoms with E-state index in [1.54, 1.807) is 11.8 Å². The molecule has 0 aromatic rings. The van der Waals surface area contributed by atoms with E-state index in [4.69, 9.17) is 14.6 Å². The summed E-state index contributed by atoms with van der Waals surface area (Å²) < 4.78 is 11.0. The van der Waals surface area contributed by atoms with Gasteiger partial charge in [0.15, 0.2) is 0 Å². The van der Waals surface area contributed by atoms with Crippen LogP contribution in [0.5, 0.6) is 0 Å². The van der Waals surface area contributed by atoms with Crippen LogP contribution in [0.4, 0.5) is 0 Å². The average Bonchev–Trinajstić information content (AvgIpc) is 2.49. The summed E-state index contributed by atoms with van der Waals surface area (Å²) in [6.45, 7) is 4.03. The van der Waals surface area contributed by atoms with E-state index >= 15 is 0 Å². The van der Waals surface area contributed by atoms with Crippen LogP contribution in [-0.2, 0) is 19.1 Å². The van der Waals surface area contributed by atoms with Crippen LogP contribution in [0.1, 0.15) is 39.0 Å². The van der Waals surface area contributed by atoms with E-state index < -0.39 is 11.4 Å². The molecule has 0 aromatic heterocycles. The summed E-state index contributed by atoms with van der Waals surface area (Å²) in [5.74, 6) is -0.835. The smallest absolute Gasteiger partial charge is 0.309 e. The SMILES string of the molecule is CC1(C(=O)O)CCN(C(=O)COC[C@H]2CCCCO2)CC1. The summed E-state index contributed by atoms with van der Waals surface area (Å²) >= 11 is 0. The van der Waals surface area contributed by atoms with Crippen molar-refractivity contribution in [1.82, 2.24) is 4.90 Å². The molecule has 0 aromatic carbocycles. The summed E-state index contributed by atoms with van der Waals surface area (Å²) in [6, 6.07) is 0. The van der Waals surface area contributed by atoms with Crippen LogP contribution >= 0.6 is 0 Å². The topological polar surface area (TPSA) is 76.1 Å². The first-order valence-corrected chi connectivity index (χ1v) is 7.72. The van der Waals surface area contributed by atoms with E-state index in [-0.39, 0.29) is 18.6 Å². The van der Waals surface area contributed by atoms with Gasteiger partial charge in [-0.3, -0.25) is 9.59 Å². The number of amides is 1. The molecule has 2 saturated heterocycles. The van der Waals surface area contributed by atoms with Crippen molar-refractivity contribution in [3.8, 4) is 0 Å². The summed E-state index contributed by atoms with van der Waals surface area (Å²) in [5, 5.41) is 9.17. The van der Waals surface area contributed by atoms with Crippen LogP contribution in [0.2, 0.25) is 0 Å². The van der Waals surface area contributed by atoms with Gasteiger partial charge in [-0.25, -0.2) is 0 Å². The summed E-state index contributed by atoms with van der Waals surface area (Å²) in [6.07, 6.45) is 4.37. The van der Waals surface area contributed by atoms with Crippen LogP contribution < -0.4 is 0 Å². The van der Waals surface area contributed by atoms with E-state index in [0.29, 0.717) is 32.5 Å². The number of hydrogen-bond donors (Lipinski definition) is 1. The molecule has 0 saturated carbocycles. The Morgan fingerprint density at radius 2 is 2.05 bits per heavy atom. The standard InChI is InChI=1S/C15H25NO5/c1-15(14(18)19)5-7-16(8-6-15)13(17)11-20-10-12-4-2-3-9-21-12/h12H,2-11H2,1H3,(H,18,19)/t12-/m1/s1. The molecule has 2 aliphatic rings. The van der Waals surface area contributed by atoms with Crippen LogP contribution in [-0.4, -0.2) is 60.9 Å². The molecule has 1 amide bonds. The first-order chi connectivity index (χ1) is 10.0. The second-order valence-electron chi connectivity index (χ2n) is 6.25. The van der Waals surface area contributed by atoms with Gasteiger partial charge in [0, 0.05) is 19.7 Å². The molecule has 0 aliphatic carbocycles. The monoisotopic (exact) mass is 299 g/mol. The molecule has 6 heteroatoms. The van der Waals surface area contributed by atoms with Gasteiger partial charge >= 0.3 is 5.97 Å². The van der Waals surface area contributed by atoms with Crippen LogP contribution in [0.3, 0.4) is 0 Å². The van der Waals surface area contributed by atoms with Gasteiger partial charge in [-0.2, -0.15) is 0 Å². The fourth-order valence-corrected chi connectivity index (χ4v) is 2.77. The van der Waals surface area contributed by atoms with E-state index in [1.165, 1.54) is 0 Å². The minimum atomic E-state index is -0.778. The Morgan fingerprint density at radius 1 is 1.33 bits per heavy atom. The maximum atomic E-state index is 12.0. The van der Waals surface area contributed by atoms with Gasteiger partial charge < -0.3 is 19.5 Å². The maximum Gasteiger partial charge on any atom is 0.309 e. The van der Waals surface area contributed by atoms with Crippen molar-refractivity contribution >= 4 is 11.9 Å². The van der Waals surface area contributed by atoms with E-state index in [1.807, 2.05) is 0 Å². The third-order valence-corrected chi connectivity index (χ3v) is 4.54. The van der Waals surface area contributed by atoms with Crippen LogP contribution in [0.25, 0.3) is 0 Å². The van der Waals surface area contributed by atoms with Crippen molar-refractivity contribution in [2.45, 2.75) is 45.1 Å². The molecule has 0 bridgehead atoms. The van der Waals surface area contributed by atoms with Gasteiger partial charge in [0.2, 0.25) is 5.91 Å². The van der Waals surface area contributed by atoms with Crippen molar-refractivity contribution in [2.75, 3.05) is 32.9 Å². The highest BCUT2D eigenvalue weighted by molar-refractivity contribution is 5.79. The van der Waals surface area contributed by atoms with Crippen molar-refractivity contribution in [3.63, 3.8) is 0 Å². The minimum absolute atomic E-state index is 0.0572. The van der Waals surface area contributed by atoms with Gasteiger partial charge in [-0.05, 0) is 39.0 Å². The molecule has 1 N–H and O–H groups in total. The van der Waals surface area contributed by atoms with Gasteiger partial charge in [0.1, 0.15) is 6.61 Å². The molecule has 2 rings (SSSR count). The quantitative estimate of drug-likeness (QED) is 0.827. The molecular formula is C15H25NO5. The zero-order valence-electron chi connectivity index (χ0n) is 12.7. The zero-order chi connectivity index (χ0) is 15.3. The second kappa shape index (κ2) is 7.22. The molecule has 1 atom stereocenters. The molecule has 2 aliphatic heterocycles. The lowest BCUT2D eigenvalue weighted by atomic mass is 9.80. The molecule has 6 nitrogen and oxygen atoms in total. The Morgan fingerprint density at radius 3 is 2.62 bits per heavy atom. The van der Waals surface area contributed by atoms with Crippen molar-refractivity contribution in [3.05, 3.63) is 0 Å². The highest BCUT2D eigenvalue weighted by Gasteiger charge is 2.37. The zero-order valence-corrected chi connectivity index (χ0v) is 12.7. The fraction of sp³-hybridized carbons (Fsp3) is 0.867. The summed E-state index contributed by atoms with van der Waals surface area (Å²) in [5.41, 5.74) is -0.701. The number of carbonyl (C=O) groups excluding carboxylic acids is 1. The predicted molar refractivity (Wildman–Crippen MR) is 76.0 cm³/mol.